The molecule has 0 atom stereocenters. The molecule has 0 unspecified atom stereocenters. The standard InChI is InChI=1S/C7H7BBr/c9-6-8-7-4-2-1-3-5-7/h1-5H,6H2. The van der Waals surface area contributed by atoms with Gasteiger partial charge in [-0.3, -0.25) is 0 Å². The lowest BCUT2D eigenvalue weighted by atomic mass is 9.73. The van der Waals surface area contributed by atoms with Gasteiger partial charge in [-0.25, -0.2) is 0 Å². The number of halogens is 1. The van der Waals surface area contributed by atoms with Crippen LogP contribution in [-0.2, 0) is 0 Å². The molecule has 1 rings (SSSR count). The summed E-state index contributed by atoms with van der Waals surface area (Å²) in [5.74, 6) is 0. The molecule has 9 heavy (non-hydrogen) atoms. The Labute approximate surface area is 64.7 Å². The topological polar surface area (TPSA) is 0 Å². The van der Waals surface area contributed by atoms with E-state index in [1.54, 1.807) is 0 Å². The average Bonchev–Trinajstić information content (AvgIpc) is 1.91. The molecular formula is C7H7BBr. The van der Waals surface area contributed by atoms with E-state index in [1.165, 1.54) is 5.46 Å². The van der Waals surface area contributed by atoms with Crippen molar-refractivity contribution >= 4 is 28.7 Å². The van der Waals surface area contributed by atoms with Gasteiger partial charge in [0.05, 0.1) is 0 Å². The van der Waals surface area contributed by atoms with Crippen LogP contribution in [0.25, 0.3) is 0 Å². The normalized spacial score (nSPS) is 9.00. The first-order valence-corrected chi connectivity index (χ1v) is 4.00. The van der Waals surface area contributed by atoms with E-state index in [9.17, 15) is 0 Å². The predicted molar refractivity (Wildman–Crippen MR) is 45.6 cm³/mol. The van der Waals surface area contributed by atoms with Crippen molar-refractivity contribution in [3.8, 4) is 0 Å². The van der Waals surface area contributed by atoms with Gasteiger partial charge in [-0.05, 0) is 5.23 Å². The second-order valence-corrected chi connectivity index (χ2v) is 2.42. The fraction of sp³-hybridized carbons (Fsp3) is 0.143. The van der Waals surface area contributed by atoms with Crippen LogP contribution < -0.4 is 5.46 Å². The first-order valence-electron chi connectivity index (χ1n) is 2.87. The molecule has 0 bridgehead atoms. The summed E-state index contributed by atoms with van der Waals surface area (Å²) in [5, 5.41) is 0.928. The molecule has 0 aliphatic rings. The van der Waals surface area contributed by atoms with Gasteiger partial charge in [0, 0.05) is 0 Å². The highest BCUT2D eigenvalue weighted by molar-refractivity contribution is 9.09. The molecule has 2 heteroatoms. The van der Waals surface area contributed by atoms with Crippen LogP contribution in [0.3, 0.4) is 0 Å². The van der Waals surface area contributed by atoms with Crippen molar-refractivity contribution in [3.05, 3.63) is 30.3 Å². The SMILES string of the molecule is BrC[B]c1ccccc1. The summed E-state index contributed by atoms with van der Waals surface area (Å²) < 4.78 is 0. The summed E-state index contributed by atoms with van der Waals surface area (Å²) >= 11 is 3.33. The van der Waals surface area contributed by atoms with Crippen LogP contribution in [0.2, 0.25) is 0 Å². The number of benzene rings is 1. The van der Waals surface area contributed by atoms with Gasteiger partial charge in [0.25, 0.3) is 0 Å². The fourth-order valence-electron chi connectivity index (χ4n) is 0.678. The molecule has 0 heterocycles. The molecule has 1 aromatic rings. The van der Waals surface area contributed by atoms with Crippen LogP contribution in [0.1, 0.15) is 0 Å². The van der Waals surface area contributed by atoms with E-state index in [0.717, 1.165) is 5.23 Å². The smallest absolute Gasteiger partial charge is 0.102 e. The summed E-state index contributed by atoms with van der Waals surface area (Å²) in [5.41, 5.74) is 1.27. The molecule has 0 aliphatic carbocycles. The molecule has 1 radical (unpaired) electrons. The van der Waals surface area contributed by atoms with Crippen LogP contribution in [0.4, 0.5) is 0 Å². The molecule has 45 valence electrons. The van der Waals surface area contributed by atoms with E-state index in [4.69, 9.17) is 0 Å². The van der Waals surface area contributed by atoms with Crippen molar-refractivity contribution in [2.75, 3.05) is 5.23 Å². The molecule has 0 nitrogen and oxygen atoms in total. The molecule has 0 fully saturated rings. The van der Waals surface area contributed by atoms with Crippen LogP contribution in [0.5, 0.6) is 0 Å². The molecule has 0 N–H and O–H groups in total. The van der Waals surface area contributed by atoms with E-state index in [2.05, 4.69) is 35.3 Å². The molecule has 0 amide bonds. The quantitative estimate of drug-likeness (QED) is 0.478. The van der Waals surface area contributed by atoms with E-state index < -0.39 is 0 Å². The van der Waals surface area contributed by atoms with E-state index in [-0.39, 0.29) is 0 Å². The minimum atomic E-state index is 0.928. The highest BCUT2D eigenvalue weighted by Gasteiger charge is 1.88. The Balaban J connectivity index is 2.61. The largest absolute Gasteiger partial charge is 0.164 e. The monoisotopic (exact) mass is 181 g/mol. The highest BCUT2D eigenvalue weighted by atomic mass is 79.9. The van der Waals surface area contributed by atoms with Gasteiger partial charge in [0.2, 0.25) is 0 Å². The molecule has 1 aromatic carbocycles. The van der Waals surface area contributed by atoms with Gasteiger partial charge in [-0.1, -0.05) is 35.8 Å². The number of alkyl halides is 1. The first-order chi connectivity index (χ1) is 4.43. The summed E-state index contributed by atoms with van der Waals surface area (Å²) in [7, 11) is 2.12. The van der Waals surface area contributed by atoms with Gasteiger partial charge < -0.3 is 0 Å². The Morgan fingerprint density at radius 2 is 1.89 bits per heavy atom. The Bertz CT molecular complexity index is 162. The van der Waals surface area contributed by atoms with Crippen molar-refractivity contribution in [2.45, 2.75) is 0 Å². The Morgan fingerprint density at radius 3 is 2.44 bits per heavy atom. The number of rotatable bonds is 2. The van der Waals surface area contributed by atoms with Gasteiger partial charge in [-0.15, -0.1) is 15.9 Å². The second-order valence-electron chi connectivity index (χ2n) is 1.77. The Kier molecular flexibility index (Phi) is 2.85. The van der Waals surface area contributed by atoms with Crippen LogP contribution in [0.15, 0.2) is 30.3 Å². The molecule has 0 aliphatic heterocycles. The third kappa shape index (κ3) is 2.23. The number of hydrogen-bond acceptors (Lipinski definition) is 0. The molecule has 0 saturated heterocycles. The maximum absolute atomic E-state index is 3.33. The van der Waals surface area contributed by atoms with Crippen molar-refractivity contribution < 1.29 is 0 Å². The summed E-state index contributed by atoms with van der Waals surface area (Å²) in [6.45, 7) is 0. The maximum atomic E-state index is 3.33. The number of hydrogen-bond donors (Lipinski definition) is 0. The van der Waals surface area contributed by atoms with Crippen molar-refractivity contribution in [1.82, 2.24) is 0 Å². The van der Waals surface area contributed by atoms with Crippen molar-refractivity contribution in [2.24, 2.45) is 0 Å². The molecular weight excluding hydrogens is 175 g/mol. The minimum absolute atomic E-state index is 0.928. The lowest BCUT2D eigenvalue weighted by Crippen LogP contribution is -2.13. The first kappa shape index (κ1) is 6.88. The van der Waals surface area contributed by atoms with E-state index in [0.29, 0.717) is 0 Å². The van der Waals surface area contributed by atoms with E-state index in [1.807, 2.05) is 18.2 Å². The Morgan fingerprint density at radius 1 is 1.22 bits per heavy atom. The maximum Gasteiger partial charge on any atom is 0.164 e. The summed E-state index contributed by atoms with van der Waals surface area (Å²) in [4.78, 5) is 0. The third-order valence-corrected chi connectivity index (χ3v) is 1.44. The van der Waals surface area contributed by atoms with Crippen LogP contribution >= 0.6 is 15.9 Å². The van der Waals surface area contributed by atoms with Crippen molar-refractivity contribution in [3.63, 3.8) is 0 Å². The summed E-state index contributed by atoms with van der Waals surface area (Å²) in [6.07, 6.45) is 0. The predicted octanol–water partition coefficient (Wildman–Crippen LogP) is 1.37. The Hall–Kier alpha value is -0.235. The third-order valence-electron chi connectivity index (χ3n) is 1.11. The van der Waals surface area contributed by atoms with E-state index >= 15 is 0 Å². The average molecular weight is 182 g/mol. The summed E-state index contributed by atoms with van der Waals surface area (Å²) in [6, 6.07) is 10.3. The lowest BCUT2D eigenvalue weighted by molar-refractivity contribution is 1.76. The fourth-order valence-corrected chi connectivity index (χ4v) is 1.05. The van der Waals surface area contributed by atoms with Crippen LogP contribution in [-0.4, -0.2) is 12.5 Å². The molecule has 0 aromatic heterocycles. The van der Waals surface area contributed by atoms with Gasteiger partial charge in [-0.2, -0.15) is 0 Å². The highest BCUT2D eigenvalue weighted by Crippen LogP contribution is 1.82. The molecule has 0 spiro atoms. The zero-order valence-electron chi connectivity index (χ0n) is 5.05. The second kappa shape index (κ2) is 3.73. The van der Waals surface area contributed by atoms with Crippen LogP contribution in [0, 0.1) is 0 Å². The van der Waals surface area contributed by atoms with Gasteiger partial charge >= 0.3 is 0 Å². The minimum Gasteiger partial charge on any atom is -0.102 e. The molecule has 0 saturated carbocycles. The zero-order valence-corrected chi connectivity index (χ0v) is 6.64. The lowest BCUT2D eigenvalue weighted by Gasteiger charge is -1.91. The van der Waals surface area contributed by atoms with Gasteiger partial charge in [0.1, 0.15) is 0 Å². The van der Waals surface area contributed by atoms with Gasteiger partial charge in [0.15, 0.2) is 7.28 Å². The van der Waals surface area contributed by atoms with Crippen molar-refractivity contribution in [1.29, 1.82) is 0 Å². The zero-order chi connectivity index (χ0) is 6.53.